The van der Waals surface area contributed by atoms with Crippen molar-refractivity contribution in [2.75, 3.05) is 30.4 Å². The van der Waals surface area contributed by atoms with Crippen LogP contribution in [0, 0.1) is 5.82 Å². The zero-order chi connectivity index (χ0) is 24.0. The highest BCUT2D eigenvalue weighted by Crippen LogP contribution is 2.29. The molecule has 1 saturated heterocycles. The number of carbonyl (C=O) groups excluding carboxylic acids is 1. The third-order valence-electron chi connectivity index (χ3n) is 5.80. The molecular formula is C23H25FN8O2. The molecule has 176 valence electrons. The number of carbonyl (C=O) groups is 1. The molecule has 0 aliphatic carbocycles. The lowest BCUT2D eigenvalue weighted by atomic mass is 10.1. The summed E-state index contributed by atoms with van der Waals surface area (Å²) in [5.41, 5.74) is 1.21. The van der Waals surface area contributed by atoms with Gasteiger partial charge in [-0.25, -0.2) is 14.4 Å². The molecule has 2 atom stereocenters. The summed E-state index contributed by atoms with van der Waals surface area (Å²) in [5, 5.41) is 11.6. The number of methoxy groups -OCH3 is 1. The second-order valence-corrected chi connectivity index (χ2v) is 8.64. The maximum atomic E-state index is 14.5. The number of anilines is 2. The van der Waals surface area contributed by atoms with Crippen molar-refractivity contribution in [2.45, 2.75) is 25.9 Å². The molecule has 4 heterocycles. The van der Waals surface area contributed by atoms with Gasteiger partial charge < -0.3 is 20.3 Å². The topological polar surface area (TPSA) is 110 Å². The van der Waals surface area contributed by atoms with Gasteiger partial charge in [-0.1, -0.05) is 0 Å². The summed E-state index contributed by atoms with van der Waals surface area (Å²) in [6.07, 6.45) is 4.81. The Morgan fingerprint density at radius 2 is 1.94 bits per heavy atom. The first-order chi connectivity index (χ1) is 16.3. The number of halogens is 1. The van der Waals surface area contributed by atoms with Crippen LogP contribution in [0.15, 0.2) is 30.7 Å². The van der Waals surface area contributed by atoms with Gasteiger partial charge in [-0.05, 0) is 26.0 Å². The summed E-state index contributed by atoms with van der Waals surface area (Å²) in [7, 11) is 3.18. The van der Waals surface area contributed by atoms with Crippen LogP contribution in [0.25, 0.3) is 21.8 Å². The number of rotatable bonds is 4. The molecule has 10 nitrogen and oxygen atoms in total. The van der Waals surface area contributed by atoms with E-state index >= 15 is 0 Å². The van der Waals surface area contributed by atoms with Gasteiger partial charge in [0.1, 0.15) is 11.3 Å². The van der Waals surface area contributed by atoms with Gasteiger partial charge in [0.25, 0.3) is 5.91 Å². The number of ether oxygens (including phenoxy) is 1. The number of piperazine rings is 1. The number of hydrogen-bond acceptors (Lipinski definition) is 8. The minimum atomic E-state index is -0.516. The summed E-state index contributed by atoms with van der Waals surface area (Å²) in [4.78, 5) is 28.7. The minimum absolute atomic E-state index is 0.142. The van der Waals surface area contributed by atoms with E-state index in [1.807, 2.05) is 0 Å². The second kappa shape index (κ2) is 8.49. The molecule has 34 heavy (non-hydrogen) atoms. The average molecular weight is 465 g/mol. The number of nitrogens with one attached hydrogen (secondary N) is 2. The van der Waals surface area contributed by atoms with E-state index in [0.717, 1.165) is 13.1 Å². The highest BCUT2D eigenvalue weighted by molar-refractivity contribution is 6.13. The maximum Gasteiger partial charge on any atom is 0.316 e. The average Bonchev–Trinajstić information content (AvgIpc) is 3.18. The highest BCUT2D eigenvalue weighted by Gasteiger charge is 2.26. The van der Waals surface area contributed by atoms with Crippen LogP contribution in [-0.4, -0.2) is 62.9 Å². The first-order valence-corrected chi connectivity index (χ1v) is 11.0. The van der Waals surface area contributed by atoms with Crippen molar-refractivity contribution in [2.24, 2.45) is 7.05 Å². The van der Waals surface area contributed by atoms with E-state index in [1.54, 1.807) is 25.5 Å². The van der Waals surface area contributed by atoms with E-state index in [1.165, 1.54) is 24.1 Å². The van der Waals surface area contributed by atoms with Crippen molar-refractivity contribution >= 4 is 39.2 Å². The molecule has 1 aliphatic rings. The van der Waals surface area contributed by atoms with Crippen molar-refractivity contribution in [3.05, 3.63) is 42.1 Å². The van der Waals surface area contributed by atoms with Gasteiger partial charge in [-0.15, -0.1) is 0 Å². The van der Waals surface area contributed by atoms with Crippen molar-refractivity contribution in [1.29, 1.82) is 0 Å². The fourth-order valence-corrected chi connectivity index (χ4v) is 4.49. The number of fused-ring (bicyclic) bond motifs is 2. The van der Waals surface area contributed by atoms with E-state index < -0.39 is 11.7 Å². The Morgan fingerprint density at radius 1 is 1.18 bits per heavy atom. The standard InChI is InChI=1S/C23H25FN8O2/c1-12-9-32(10-13(2)27-12)21-16-7-26-23(34-4)29-20(16)17(8-25-21)22(33)28-15-5-14-11-31(3)30-19(14)18(24)6-15/h5-8,11-13,27H,9-10H2,1-4H3,(H,28,33). The molecule has 2 N–H and O–H groups in total. The first-order valence-electron chi connectivity index (χ1n) is 11.0. The molecular weight excluding hydrogens is 439 g/mol. The van der Waals surface area contributed by atoms with Crippen LogP contribution < -0.4 is 20.3 Å². The van der Waals surface area contributed by atoms with Crippen LogP contribution in [0.3, 0.4) is 0 Å². The summed E-state index contributed by atoms with van der Waals surface area (Å²) in [6.45, 7) is 5.75. The van der Waals surface area contributed by atoms with Crippen LogP contribution in [0.2, 0.25) is 0 Å². The first kappa shape index (κ1) is 22.0. The van der Waals surface area contributed by atoms with E-state index in [0.29, 0.717) is 27.8 Å². The molecule has 5 rings (SSSR count). The lowest BCUT2D eigenvalue weighted by Gasteiger charge is -2.37. The van der Waals surface area contributed by atoms with Gasteiger partial charge in [-0.2, -0.15) is 10.1 Å². The Hall–Kier alpha value is -3.86. The number of benzene rings is 1. The Balaban J connectivity index is 1.54. The smallest absolute Gasteiger partial charge is 0.316 e. The molecule has 3 aromatic heterocycles. The van der Waals surface area contributed by atoms with Crippen molar-refractivity contribution in [3.8, 4) is 6.01 Å². The molecule has 1 fully saturated rings. The predicted molar refractivity (Wildman–Crippen MR) is 127 cm³/mol. The number of aromatic nitrogens is 5. The molecule has 11 heteroatoms. The molecule has 2 unspecified atom stereocenters. The summed E-state index contributed by atoms with van der Waals surface area (Å²) >= 11 is 0. The third-order valence-corrected chi connectivity index (χ3v) is 5.80. The normalized spacial score (nSPS) is 18.4. The summed E-state index contributed by atoms with van der Waals surface area (Å²) in [6, 6.07) is 3.62. The van der Waals surface area contributed by atoms with Gasteiger partial charge in [0.2, 0.25) is 0 Å². The number of aryl methyl sites for hydroxylation is 1. The Kier molecular flexibility index (Phi) is 5.48. The third kappa shape index (κ3) is 3.98. The van der Waals surface area contributed by atoms with Crippen LogP contribution in [0.4, 0.5) is 15.9 Å². The Bertz CT molecular complexity index is 1400. The maximum absolute atomic E-state index is 14.5. The van der Waals surface area contributed by atoms with E-state index in [4.69, 9.17) is 4.74 Å². The molecule has 4 aromatic rings. The predicted octanol–water partition coefficient (Wildman–Crippen LogP) is 2.50. The number of amides is 1. The monoisotopic (exact) mass is 464 g/mol. The van der Waals surface area contributed by atoms with E-state index in [2.05, 4.69) is 49.4 Å². The molecule has 0 radical (unpaired) electrons. The minimum Gasteiger partial charge on any atom is -0.467 e. The summed E-state index contributed by atoms with van der Waals surface area (Å²) < 4.78 is 21.2. The number of nitrogens with zero attached hydrogens (tertiary/aromatic N) is 6. The zero-order valence-electron chi connectivity index (χ0n) is 19.3. The molecule has 1 aromatic carbocycles. The second-order valence-electron chi connectivity index (χ2n) is 8.64. The van der Waals surface area contributed by atoms with Gasteiger partial charge >= 0.3 is 6.01 Å². The largest absolute Gasteiger partial charge is 0.467 e. The highest BCUT2D eigenvalue weighted by atomic mass is 19.1. The number of hydrogen-bond donors (Lipinski definition) is 2. The van der Waals surface area contributed by atoms with E-state index in [9.17, 15) is 9.18 Å². The van der Waals surface area contributed by atoms with Gasteiger partial charge in [-0.3, -0.25) is 9.48 Å². The molecule has 0 bridgehead atoms. The van der Waals surface area contributed by atoms with Crippen LogP contribution >= 0.6 is 0 Å². The fourth-order valence-electron chi connectivity index (χ4n) is 4.49. The van der Waals surface area contributed by atoms with Crippen LogP contribution in [0.1, 0.15) is 24.2 Å². The molecule has 1 amide bonds. The van der Waals surface area contributed by atoms with Crippen LogP contribution in [0.5, 0.6) is 6.01 Å². The molecule has 0 spiro atoms. The van der Waals surface area contributed by atoms with Gasteiger partial charge in [0.05, 0.1) is 23.6 Å². The lowest BCUT2D eigenvalue weighted by molar-refractivity contribution is 0.102. The molecule has 1 aliphatic heterocycles. The lowest BCUT2D eigenvalue weighted by Crippen LogP contribution is -2.54. The van der Waals surface area contributed by atoms with Crippen molar-refractivity contribution in [3.63, 3.8) is 0 Å². The summed E-state index contributed by atoms with van der Waals surface area (Å²) in [5.74, 6) is -0.274. The molecule has 0 saturated carbocycles. The number of pyridine rings is 1. The fraction of sp³-hybridized carbons (Fsp3) is 0.348. The van der Waals surface area contributed by atoms with Gasteiger partial charge in [0.15, 0.2) is 5.82 Å². The van der Waals surface area contributed by atoms with E-state index in [-0.39, 0.29) is 29.2 Å². The van der Waals surface area contributed by atoms with Crippen LogP contribution in [-0.2, 0) is 7.05 Å². The Morgan fingerprint density at radius 3 is 2.68 bits per heavy atom. The SMILES string of the molecule is COc1ncc2c(N3CC(C)NC(C)C3)ncc(C(=O)Nc3cc(F)c4nn(C)cc4c3)c2n1. The zero-order valence-corrected chi connectivity index (χ0v) is 19.3. The quantitative estimate of drug-likeness (QED) is 0.474. The van der Waals surface area contributed by atoms with Crippen molar-refractivity contribution in [1.82, 2.24) is 30.0 Å². The Labute approximate surface area is 195 Å². The van der Waals surface area contributed by atoms with Gasteiger partial charge in [0, 0.05) is 61.9 Å². The van der Waals surface area contributed by atoms with Crippen molar-refractivity contribution < 1.29 is 13.9 Å².